The highest BCUT2D eigenvalue weighted by Gasteiger charge is 2.15. The van der Waals surface area contributed by atoms with E-state index in [-0.39, 0.29) is 5.91 Å². The van der Waals surface area contributed by atoms with Gasteiger partial charge in [-0.25, -0.2) is 4.98 Å². The van der Waals surface area contributed by atoms with Crippen LogP contribution in [0.5, 0.6) is 0 Å². The number of rotatable bonds is 4. The largest absolute Gasteiger partial charge is 0.291 e. The van der Waals surface area contributed by atoms with Gasteiger partial charge in [0.1, 0.15) is 0 Å². The summed E-state index contributed by atoms with van der Waals surface area (Å²) in [5.41, 5.74) is 0.949. The van der Waals surface area contributed by atoms with Gasteiger partial charge >= 0.3 is 0 Å². The summed E-state index contributed by atoms with van der Waals surface area (Å²) >= 11 is 3.25. The lowest BCUT2D eigenvalue weighted by Gasteiger charge is -2.12. The second-order valence-electron chi connectivity index (χ2n) is 4.50. The molecule has 0 bridgehead atoms. The van der Waals surface area contributed by atoms with Crippen molar-refractivity contribution in [2.75, 3.05) is 11.9 Å². The van der Waals surface area contributed by atoms with E-state index in [1.165, 1.54) is 4.88 Å². The maximum Gasteiger partial charge on any atom is 0.228 e. The van der Waals surface area contributed by atoms with Crippen LogP contribution in [0.1, 0.15) is 11.3 Å². The predicted molar refractivity (Wildman–Crippen MR) is 85.7 cm³/mol. The number of amides is 1. The number of para-hydroxylation sites is 1. The molecule has 1 aromatic carbocycles. The lowest BCUT2D eigenvalue weighted by Crippen LogP contribution is -2.26. The third-order valence-electron chi connectivity index (χ3n) is 3.11. The van der Waals surface area contributed by atoms with Crippen molar-refractivity contribution in [1.29, 1.82) is 0 Å². The second kappa shape index (κ2) is 5.73. The van der Waals surface area contributed by atoms with Crippen LogP contribution in [-0.2, 0) is 11.2 Å². The Hall–Kier alpha value is -1.72. The van der Waals surface area contributed by atoms with Crippen LogP contribution in [-0.4, -0.2) is 17.9 Å². The number of anilines is 1. The predicted octanol–water partition coefficient (Wildman–Crippen LogP) is 3.95. The molecular formula is C15H14N2OS2. The number of benzene rings is 1. The molecule has 0 aliphatic heterocycles. The molecule has 0 spiro atoms. The first-order valence-corrected chi connectivity index (χ1v) is 8.08. The molecule has 0 aliphatic rings. The summed E-state index contributed by atoms with van der Waals surface area (Å²) in [4.78, 5) is 19.6. The van der Waals surface area contributed by atoms with Gasteiger partial charge < -0.3 is 0 Å². The summed E-state index contributed by atoms with van der Waals surface area (Å²) in [5.74, 6) is 0.109. The summed E-state index contributed by atoms with van der Waals surface area (Å²) in [6.07, 6.45) is 1.32. The quantitative estimate of drug-likeness (QED) is 0.731. The van der Waals surface area contributed by atoms with Gasteiger partial charge in [0.15, 0.2) is 5.13 Å². The zero-order chi connectivity index (χ0) is 13.9. The lowest BCUT2D eigenvalue weighted by atomic mass is 10.2. The van der Waals surface area contributed by atoms with Crippen molar-refractivity contribution in [3.63, 3.8) is 0 Å². The number of hydrogen-bond acceptors (Lipinski definition) is 4. The van der Waals surface area contributed by atoms with Crippen molar-refractivity contribution < 1.29 is 4.79 Å². The molecule has 0 saturated carbocycles. The van der Waals surface area contributed by atoms with E-state index in [1.54, 1.807) is 34.6 Å². The number of carbonyl (C=O) groups excluding carboxylic acids is 1. The van der Waals surface area contributed by atoms with Crippen molar-refractivity contribution in [3.05, 3.63) is 46.7 Å². The Bertz CT molecular complexity index is 685. The number of thiazole rings is 1. The molecule has 0 fully saturated rings. The Morgan fingerprint density at radius 3 is 2.85 bits per heavy atom. The first kappa shape index (κ1) is 13.3. The zero-order valence-corrected chi connectivity index (χ0v) is 12.7. The zero-order valence-electron chi connectivity index (χ0n) is 11.1. The van der Waals surface area contributed by atoms with Crippen LogP contribution in [0, 0.1) is 0 Å². The highest BCUT2D eigenvalue weighted by molar-refractivity contribution is 7.22. The smallest absolute Gasteiger partial charge is 0.228 e. The molecule has 0 aliphatic carbocycles. The van der Waals surface area contributed by atoms with E-state index in [1.807, 2.05) is 35.7 Å². The van der Waals surface area contributed by atoms with E-state index in [0.29, 0.717) is 6.42 Å². The van der Waals surface area contributed by atoms with Gasteiger partial charge in [-0.15, -0.1) is 11.3 Å². The van der Waals surface area contributed by atoms with E-state index >= 15 is 0 Å². The second-order valence-corrected chi connectivity index (χ2v) is 6.54. The van der Waals surface area contributed by atoms with Gasteiger partial charge in [0, 0.05) is 18.3 Å². The highest BCUT2D eigenvalue weighted by Crippen LogP contribution is 2.28. The van der Waals surface area contributed by atoms with Crippen molar-refractivity contribution >= 4 is 43.9 Å². The fourth-order valence-corrected chi connectivity index (χ4v) is 3.62. The van der Waals surface area contributed by atoms with Gasteiger partial charge in [-0.3, -0.25) is 9.69 Å². The van der Waals surface area contributed by atoms with Crippen molar-refractivity contribution in [2.24, 2.45) is 0 Å². The van der Waals surface area contributed by atoms with E-state index in [2.05, 4.69) is 11.1 Å². The molecule has 3 nitrogen and oxygen atoms in total. The first-order chi connectivity index (χ1) is 9.74. The maximum atomic E-state index is 12.2. The average molecular weight is 302 g/mol. The first-order valence-electron chi connectivity index (χ1n) is 6.38. The summed E-state index contributed by atoms with van der Waals surface area (Å²) in [7, 11) is 1.80. The fraction of sp³-hybridized carbons (Fsp3) is 0.200. The Balaban J connectivity index is 1.71. The van der Waals surface area contributed by atoms with Gasteiger partial charge in [-0.1, -0.05) is 29.5 Å². The monoisotopic (exact) mass is 302 g/mol. The maximum absolute atomic E-state index is 12.2. The van der Waals surface area contributed by atoms with Crippen LogP contribution < -0.4 is 4.90 Å². The summed E-state index contributed by atoms with van der Waals surface area (Å²) in [6, 6.07) is 12.0. The van der Waals surface area contributed by atoms with Crippen LogP contribution in [0.15, 0.2) is 41.8 Å². The number of fused-ring (bicyclic) bond motifs is 1. The number of nitrogens with zero attached hydrogens (tertiary/aromatic N) is 2. The number of thiophene rings is 1. The van der Waals surface area contributed by atoms with Crippen LogP contribution in [0.4, 0.5) is 5.13 Å². The van der Waals surface area contributed by atoms with Crippen LogP contribution in [0.2, 0.25) is 0 Å². The molecule has 0 saturated heterocycles. The molecule has 0 N–H and O–H groups in total. The Morgan fingerprint density at radius 1 is 1.25 bits per heavy atom. The van der Waals surface area contributed by atoms with Crippen molar-refractivity contribution in [3.8, 4) is 0 Å². The Kier molecular flexibility index (Phi) is 3.80. The number of aryl methyl sites for hydroxylation is 1. The normalized spacial score (nSPS) is 10.8. The summed E-state index contributed by atoms with van der Waals surface area (Å²) in [6.45, 7) is 0. The van der Waals surface area contributed by atoms with Gasteiger partial charge in [-0.05, 0) is 30.0 Å². The number of aromatic nitrogens is 1. The van der Waals surface area contributed by atoms with E-state index in [4.69, 9.17) is 0 Å². The van der Waals surface area contributed by atoms with E-state index in [0.717, 1.165) is 21.8 Å². The van der Waals surface area contributed by atoms with Crippen LogP contribution in [0.25, 0.3) is 10.2 Å². The van der Waals surface area contributed by atoms with Gasteiger partial charge in [0.25, 0.3) is 0 Å². The molecule has 1 amide bonds. The molecule has 5 heteroatoms. The third-order valence-corrected chi connectivity index (χ3v) is 5.16. The molecule has 2 heterocycles. The minimum absolute atomic E-state index is 0.109. The van der Waals surface area contributed by atoms with Crippen molar-refractivity contribution in [1.82, 2.24) is 4.98 Å². The van der Waals surface area contributed by atoms with E-state index in [9.17, 15) is 4.79 Å². The highest BCUT2D eigenvalue weighted by atomic mass is 32.1. The van der Waals surface area contributed by atoms with Crippen LogP contribution >= 0.6 is 22.7 Å². The van der Waals surface area contributed by atoms with Gasteiger partial charge in [0.05, 0.1) is 10.2 Å². The van der Waals surface area contributed by atoms with Gasteiger partial charge in [-0.2, -0.15) is 0 Å². The Morgan fingerprint density at radius 2 is 2.10 bits per heavy atom. The summed E-state index contributed by atoms with van der Waals surface area (Å²) in [5, 5.41) is 2.80. The van der Waals surface area contributed by atoms with E-state index < -0.39 is 0 Å². The topological polar surface area (TPSA) is 33.2 Å². The average Bonchev–Trinajstić information content (AvgIpc) is 3.12. The minimum Gasteiger partial charge on any atom is -0.291 e. The SMILES string of the molecule is CN(C(=O)CCc1cccs1)c1nc2ccccc2s1. The minimum atomic E-state index is 0.109. The molecule has 2 aromatic heterocycles. The summed E-state index contributed by atoms with van der Waals surface area (Å²) < 4.78 is 1.11. The van der Waals surface area contributed by atoms with Gasteiger partial charge in [0.2, 0.25) is 5.91 Å². The van der Waals surface area contributed by atoms with Crippen LogP contribution in [0.3, 0.4) is 0 Å². The molecule has 3 aromatic rings. The molecular weight excluding hydrogens is 288 g/mol. The molecule has 102 valence electrons. The standard InChI is InChI=1S/C15H14N2OS2/c1-17(14(18)9-8-11-5-4-10-19-11)15-16-12-6-2-3-7-13(12)20-15/h2-7,10H,8-9H2,1H3. The van der Waals surface area contributed by atoms with Crippen molar-refractivity contribution in [2.45, 2.75) is 12.8 Å². The fourth-order valence-electron chi connectivity index (χ4n) is 1.96. The third kappa shape index (κ3) is 2.73. The Labute approximate surface area is 125 Å². The molecule has 0 atom stereocenters. The molecule has 0 radical (unpaired) electrons. The lowest BCUT2D eigenvalue weighted by molar-refractivity contribution is -0.118. The number of carbonyl (C=O) groups is 1. The molecule has 3 rings (SSSR count). The number of hydrogen-bond donors (Lipinski definition) is 0. The molecule has 20 heavy (non-hydrogen) atoms. The molecule has 0 unspecified atom stereocenters.